The first kappa shape index (κ1) is 17.7. The normalized spacial score (nSPS) is 13.9. The molecule has 1 aliphatic heterocycles. The maximum absolute atomic E-state index is 12.0. The van der Waals surface area contributed by atoms with Gasteiger partial charge in [-0.2, -0.15) is 0 Å². The summed E-state index contributed by atoms with van der Waals surface area (Å²) in [5.41, 5.74) is 0.981. The second-order valence-electron chi connectivity index (χ2n) is 6.25. The standard InChI is InChI=1S/C18H20N4O4/c1-21-17(25)13(11-20-18(21)26)9-15(23)19-10-12-4-6-14(7-5-12)22-8-2-3-16(22)24/h4-7,11H,2-3,8-10H2,1H3,(H,19,23)(H,20,26). The van der Waals surface area contributed by atoms with Crippen LogP contribution in [0.25, 0.3) is 0 Å². The van der Waals surface area contributed by atoms with Gasteiger partial charge in [0.2, 0.25) is 11.8 Å². The van der Waals surface area contributed by atoms with Crippen LogP contribution in [0.3, 0.4) is 0 Å². The van der Waals surface area contributed by atoms with Gasteiger partial charge in [-0.25, -0.2) is 4.79 Å². The fourth-order valence-corrected chi connectivity index (χ4v) is 2.89. The number of hydrogen-bond acceptors (Lipinski definition) is 4. The van der Waals surface area contributed by atoms with Gasteiger partial charge in [-0.15, -0.1) is 0 Å². The number of H-pyrrole nitrogens is 1. The summed E-state index contributed by atoms with van der Waals surface area (Å²) < 4.78 is 0.932. The zero-order valence-electron chi connectivity index (χ0n) is 14.4. The number of rotatable bonds is 5. The Balaban J connectivity index is 1.58. The first-order valence-electron chi connectivity index (χ1n) is 8.39. The molecule has 0 saturated carbocycles. The van der Waals surface area contributed by atoms with E-state index in [2.05, 4.69) is 10.3 Å². The number of nitrogens with zero attached hydrogens (tertiary/aromatic N) is 2. The molecule has 1 aliphatic rings. The Labute approximate surface area is 149 Å². The number of anilines is 1. The molecule has 8 nitrogen and oxygen atoms in total. The van der Waals surface area contributed by atoms with E-state index in [9.17, 15) is 19.2 Å². The lowest BCUT2D eigenvalue weighted by Gasteiger charge is -2.16. The second kappa shape index (κ2) is 7.38. The van der Waals surface area contributed by atoms with Gasteiger partial charge in [0.25, 0.3) is 5.56 Å². The zero-order valence-corrected chi connectivity index (χ0v) is 14.4. The Hall–Kier alpha value is -3.16. The predicted octanol–water partition coefficient (Wildman–Crippen LogP) is 0.0593. The smallest absolute Gasteiger partial charge is 0.328 e. The first-order valence-corrected chi connectivity index (χ1v) is 8.39. The Bertz CT molecular complexity index is 943. The topological polar surface area (TPSA) is 104 Å². The molecule has 2 N–H and O–H groups in total. The summed E-state index contributed by atoms with van der Waals surface area (Å²) in [4.78, 5) is 51.2. The van der Waals surface area contributed by atoms with E-state index in [1.54, 1.807) is 4.90 Å². The monoisotopic (exact) mass is 356 g/mol. The summed E-state index contributed by atoms with van der Waals surface area (Å²) in [5, 5.41) is 2.75. The molecule has 1 aromatic carbocycles. The highest BCUT2D eigenvalue weighted by Crippen LogP contribution is 2.21. The molecule has 2 heterocycles. The van der Waals surface area contributed by atoms with E-state index >= 15 is 0 Å². The third-order valence-electron chi connectivity index (χ3n) is 4.42. The van der Waals surface area contributed by atoms with Gasteiger partial charge < -0.3 is 15.2 Å². The van der Waals surface area contributed by atoms with Crippen LogP contribution in [0.2, 0.25) is 0 Å². The average Bonchev–Trinajstić information content (AvgIpc) is 3.07. The van der Waals surface area contributed by atoms with Crippen LogP contribution < -0.4 is 21.5 Å². The number of nitrogens with one attached hydrogen (secondary N) is 2. The molecule has 136 valence electrons. The molecule has 1 fully saturated rings. The summed E-state index contributed by atoms with van der Waals surface area (Å²) in [6.07, 6.45) is 2.62. The number of carbonyl (C=O) groups is 2. The Morgan fingerprint density at radius 2 is 1.92 bits per heavy atom. The van der Waals surface area contributed by atoms with Crippen LogP contribution in [-0.4, -0.2) is 27.9 Å². The van der Waals surface area contributed by atoms with Crippen LogP contribution in [0.15, 0.2) is 40.1 Å². The van der Waals surface area contributed by atoms with Gasteiger partial charge >= 0.3 is 5.69 Å². The van der Waals surface area contributed by atoms with Gasteiger partial charge in [-0.1, -0.05) is 12.1 Å². The number of carbonyl (C=O) groups excluding carboxylic acids is 2. The summed E-state index contributed by atoms with van der Waals surface area (Å²) in [5.74, 6) is -0.179. The number of benzene rings is 1. The van der Waals surface area contributed by atoms with Crippen molar-refractivity contribution in [2.45, 2.75) is 25.8 Å². The molecule has 2 aromatic rings. The summed E-state index contributed by atoms with van der Waals surface area (Å²) >= 11 is 0. The number of amides is 2. The highest BCUT2D eigenvalue weighted by atomic mass is 16.2. The molecule has 0 spiro atoms. The SMILES string of the molecule is Cn1c(=O)[nH]cc(CC(=O)NCc2ccc(N3CCCC3=O)cc2)c1=O. The Kier molecular flexibility index (Phi) is 5.01. The van der Waals surface area contributed by atoms with Crippen molar-refractivity contribution in [3.63, 3.8) is 0 Å². The lowest BCUT2D eigenvalue weighted by molar-refractivity contribution is -0.120. The number of aromatic amines is 1. The van der Waals surface area contributed by atoms with Crippen molar-refractivity contribution >= 4 is 17.5 Å². The number of aromatic nitrogens is 2. The minimum Gasteiger partial charge on any atom is -0.352 e. The Morgan fingerprint density at radius 1 is 1.19 bits per heavy atom. The predicted molar refractivity (Wildman–Crippen MR) is 95.9 cm³/mol. The lowest BCUT2D eigenvalue weighted by Crippen LogP contribution is -2.36. The van der Waals surface area contributed by atoms with Crippen molar-refractivity contribution in [2.24, 2.45) is 7.05 Å². The fourth-order valence-electron chi connectivity index (χ4n) is 2.89. The van der Waals surface area contributed by atoms with Crippen molar-refractivity contribution in [2.75, 3.05) is 11.4 Å². The van der Waals surface area contributed by atoms with Crippen molar-refractivity contribution < 1.29 is 9.59 Å². The van der Waals surface area contributed by atoms with E-state index in [-0.39, 0.29) is 23.8 Å². The minimum absolute atomic E-state index is 0.107. The van der Waals surface area contributed by atoms with E-state index in [0.717, 1.165) is 28.8 Å². The molecule has 26 heavy (non-hydrogen) atoms. The van der Waals surface area contributed by atoms with Crippen molar-refractivity contribution in [1.82, 2.24) is 14.9 Å². The molecule has 3 rings (SSSR count). The molecule has 0 unspecified atom stereocenters. The molecule has 1 aromatic heterocycles. The van der Waals surface area contributed by atoms with Crippen LogP contribution in [0.1, 0.15) is 24.0 Å². The minimum atomic E-state index is -0.518. The third kappa shape index (κ3) is 3.74. The quantitative estimate of drug-likeness (QED) is 0.790. The van der Waals surface area contributed by atoms with Crippen LogP contribution in [0, 0.1) is 0 Å². The van der Waals surface area contributed by atoms with E-state index in [1.807, 2.05) is 24.3 Å². The summed E-state index contributed by atoms with van der Waals surface area (Å²) in [7, 11) is 1.36. The molecule has 0 bridgehead atoms. The molecule has 2 amide bonds. The van der Waals surface area contributed by atoms with E-state index in [1.165, 1.54) is 13.2 Å². The third-order valence-corrected chi connectivity index (χ3v) is 4.42. The van der Waals surface area contributed by atoms with Crippen LogP contribution in [-0.2, 0) is 29.6 Å². The average molecular weight is 356 g/mol. The van der Waals surface area contributed by atoms with Gasteiger partial charge in [0.15, 0.2) is 0 Å². The lowest BCUT2D eigenvalue weighted by atomic mass is 10.2. The highest BCUT2D eigenvalue weighted by molar-refractivity contribution is 5.95. The molecule has 0 atom stereocenters. The van der Waals surface area contributed by atoms with Gasteiger partial charge in [0.1, 0.15) is 0 Å². The van der Waals surface area contributed by atoms with Crippen LogP contribution >= 0.6 is 0 Å². The number of hydrogen-bond donors (Lipinski definition) is 2. The Morgan fingerprint density at radius 3 is 2.58 bits per heavy atom. The molecule has 0 radical (unpaired) electrons. The van der Waals surface area contributed by atoms with Crippen molar-refractivity contribution in [1.29, 1.82) is 0 Å². The molecule has 1 saturated heterocycles. The molecular weight excluding hydrogens is 336 g/mol. The highest BCUT2D eigenvalue weighted by Gasteiger charge is 2.21. The van der Waals surface area contributed by atoms with Crippen molar-refractivity contribution in [3.05, 3.63) is 62.4 Å². The molecule has 8 heteroatoms. The largest absolute Gasteiger partial charge is 0.352 e. The molecular formula is C18H20N4O4. The van der Waals surface area contributed by atoms with Crippen molar-refractivity contribution in [3.8, 4) is 0 Å². The zero-order chi connectivity index (χ0) is 18.7. The van der Waals surface area contributed by atoms with E-state index in [4.69, 9.17) is 0 Å². The first-order chi connectivity index (χ1) is 12.5. The summed E-state index contributed by atoms with van der Waals surface area (Å²) in [6, 6.07) is 7.45. The maximum atomic E-state index is 12.0. The second-order valence-corrected chi connectivity index (χ2v) is 6.25. The van der Waals surface area contributed by atoms with Gasteiger partial charge in [0.05, 0.1) is 6.42 Å². The van der Waals surface area contributed by atoms with Gasteiger partial charge in [-0.3, -0.25) is 19.0 Å². The fraction of sp³-hybridized carbons (Fsp3) is 0.333. The summed E-state index contributed by atoms with van der Waals surface area (Å²) in [6.45, 7) is 1.06. The van der Waals surface area contributed by atoms with Crippen LogP contribution in [0.4, 0.5) is 5.69 Å². The van der Waals surface area contributed by atoms with E-state index in [0.29, 0.717) is 13.0 Å². The van der Waals surface area contributed by atoms with E-state index < -0.39 is 11.2 Å². The van der Waals surface area contributed by atoms with Gasteiger partial charge in [-0.05, 0) is 24.1 Å². The van der Waals surface area contributed by atoms with Crippen LogP contribution in [0.5, 0.6) is 0 Å². The van der Waals surface area contributed by atoms with Gasteiger partial charge in [0, 0.05) is 44.0 Å². The molecule has 0 aliphatic carbocycles. The maximum Gasteiger partial charge on any atom is 0.328 e.